The molecule has 2 nitrogen and oxygen atoms in total. The molecule has 0 rings (SSSR count). The van der Waals surface area contributed by atoms with Crippen LogP contribution in [0.1, 0.15) is 6.92 Å². The molecule has 0 bridgehead atoms. The van der Waals surface area contributed by atoms with Gasteiger partial charge in [-0.2, -0.15) is 0 Å². The predicted molar refractivity (Wildman–Crippen MR) is 36.0 cm³/mol. The third-order valence-corrected chi connectivity index (χ3v) is 0.862. The lowest BCUT2D eigenvalue weighted by Crippen LogP contribution is -1.81. The van der Waals surface area contributed by atoms with Crippen molar-refractivity contribution >= 4 is 6.29 Å². The van der Waals surface area contributed by atoms with Crippen LogP contribution in [0.15, 0.2) is 24.0 Å². The lowest BCUT2D eigenvalue weighted by Gasteiger charge is -1.95. The van der Waals surface area contributed by atoms with E-state index in [1.54, 1.807) is 20.1 Å². The van der Waals surface area contributed by atoms with Gasteiger partial charge in [0.2, 0.25) is 0 Å². The summed E-state index contributed by atoms with van der Waals surface area (Å²) in [5.41, 5.74) is 0.425. The third-order valence-electron chi connectivity index (χ3n) is 0.862. The molecule has 0 atom stereocenters. The molecular formula is C7H10O2. The van der Waals surface area contributed by atoms with Crippen molar-refractivity contribution in [2.45, 2.75) is 6.92 Å². The number of methoxy groups -OCH3 is 1. The van der Waals surface area contributed by atoms with Gasteiger partial charge in [0.1, 0.15) is 6.29 Å². The quantitative estimate of drug-likeness (QED) is 0.246. The van der Waals surface area contributed by atoms with Crippen LogP contribution in [0.4, 0.5) is 0 Å². The predicted octanol–water partition coefficient (Wildman–Crippen LogP) is 1.29. The van der Waals surface area contributed by atoms with Crippen LogP contribution in [-0.2, 0) is 9.53 Å². The minimum Gasteiger partial charge on any atom is -0.501 e. The first-order chi connectivity index (χ1) is 4.20. The summed E-state index contributed by atoms with van der Waals surface area (Å²) in [7, 11) is 1.55. The lowest BCUT2D eigenvalue weighted by atomic mass is 10.3. The van der Waals surface area contributed by atoms with Gasteiger partial charge in [0, 0.05) is 5.57 Å². The summed E-state index contributed by atoms with van der Waals surface area (Å²) in [4.78, 5) is 9.96. The van der Waals surface area contributed by atoms with Crippen LogP contribution in [0.2, 0.25) is 0 Å². The van der Waals surface area contributed by atoms with Crippen LogP contribution in [-0.4, -0.2) is 13.4 Å². The number of rotatable bonds is 3. The Bertz CT molecular complexity index is 145. The topological polar surface area (TPSA) is 26.3 Å². The maximum atomic E-state index is 9.96. The van der Waals surface area contributed by atoms with E-state index in [0.29, 0.717) is 17.6 Å². The zero-order valence-electron chi connectivity index (χ0n) is 5.68. The number of hydrogen-bond acceptors (Lipinski definition) is 2. The Morgan fingerprint density at radius 2 is 2.22 bits per heavy atom. The van der Waals surface area contributed by atoms with Gasteiger partial charge in [0.15, 0.2) is 0 Å². The van der Waals surface area contributed by atoms with Crippen LogP contribution in [0, 0.1) is 0 Å². The summed E-state index contributed by atoms with van der Waals surface area (Å²) >= 11 is 0. The Hall–Kier alpha value is -1.05. The van der Waals surface area contributed by atoms with Crippen LogP contribution >= 0.6 is 0 Å². The first kappa shape index (κ1) is 7.95. The number of hydrogen-bond donors (Lipinski definition) is 0. The first-order valence-corrected chi connectivity index (χ1v) is 2.57. The lowest BCUT2D eigenvalue weighted by molar-refractivity contribution is -0.104. The molecule has 0 fully saturated rings. The van der Waals surface area contributed by atoms with E-state index in [1.807, 2.05) is 0 Å². The summed E-state index contributed by atoms with van der Waals surface area (Å²) in [6.07, 6.45) is 2.26. The van der Waals surface area contributed by atoms with Gasteiger partial charge in [-0.05, 0) is 13.0 Å². The number of carbonyl (C=O) groups is 1. The molecule has 0 unspecified atom stereocenters. The fraction of sp³-hybridized carbons (Fsp3) is 0.286. The van der Waals surface area contributed by atoms with Gasteiger partial charge in [0.05, 0.1) is 12.9 Å². The zero-order chi connectivity index (χ0) is 7.28. The molecule has 0 N–H and O–H groups in total. The molecule has 50 valence electrons. The van der Waals surface area contributed by atoms with Gasteiger partial charge in [-0.15, -0.1) is 0 Å². The molecule has 0 aliphatic carbocycles. The number of carbonyl (C=O) groups excluding carboxylic acids is 1. The molecule has 0 aromatic rings. The van der Waals surface area contributed by atoms with E-state index < -0.39 is 0 Å². The normalized spacial score (nSPS) is 10.7. The van der Waals surface area contributed by atoms with Gasteiger partial charge in [0.25, 0.3) is 0 Å². The zero-order valence-corrected chi connectivity index (χ0v) is 5.68. The molecule has 0 saturated carbocycles. The molecule has 0 radical (unpaired) electrons. The monoisotopic (exact) mass is 126 g/mol. The standard InChI is InChI=1S/C7H10O2/c1-6(5-8)4-7(2)9-3/h4-5H,1H2,2-3H3/b7-4-. The van der Waals surface area contributed by atoms with Crippen LogP contribution in [0.3, 0.4) is 0 Å². The average Bonchev–Trinajstić information content (AvgIpc) is 1.87. The highest BCUT2D eigenvalue weighted by molar-refractivity contribution is 5.76. The van der Waals surface area contributed by atoms with E-state index in [9.17, 15) is 4.79 Å². The smallest absolute Gasteiger partial charge is 0.149 e. The number of aldehydes is 1. The van der Waals surface area contributed by atoms with Crippen LogP contribution < -0.4 is 0 Å². The van der Waals surface area contributed by atoms with Crippen LogP contribution in [0.25, 0.3) is 0 Å². The molecule has 0 heterocycles. The first-order valence-electron chi connectivity index (χ1n) is 2.57. The number of ether oxygens (including phenoxy) is 1. The van der Waals surface area contributed by atoms with Gasteiger partial charge in [-0.25, -0.2) is 0 Å². The van der Waals surface area contributed by atoms with Crippen molar-refractivity contribution in [3.8, 4) is 0 Å². The molecule has 0 aromatic carbocycles. The summed E-state index contributed by atoms with van der Waals surface area (Å²) in [5, 5.41) is 0. The van der Waals surface area contributed by atoms with Gasteiger partial charge in [-0.1, -0.05) is 6.58 Å². The van der Waals surface area contributed by atoms with Crippen molar-refractivity contribution in [2.24, 2.45) is 0 Å². The van der Waals surface area contributed by atoms with E-state index >= 15 is 0 Å². The average molecular weight is 126 g/mol. The van der Waals surface area contributed by atoms with Crippen molar-refractivity contribution in [1.29, 1.82) is 0 Å². The second-order valence-electron chi connectivity index (χ2n) is 1.65. The summed E-state index contributed by atoms with van der Waals surface area (Å²) in [6.45, 7) is 5.20. The Morgan fingerprint density at radius 1 is 1.67 bits per heavy atom. The molecule has 2 heteroatoms. The molecule has 0 spiro atoms. The minimum atomic E-state index is 0.425. The fourth-order valence-electron chi connectivity index (χ4n) is 0.354. The minimum absolute atomic E-state index is 0.425. The van der Waals surface area contributed by atoms with Crippen LogP contribution in [0.5, 0.6) is 0 Å². The Labute approximate surface area is 54.8 Å². The van der Waals surface area contributed by atoms with Gasteiger partial charge in [-0.3, -0.25) is 4.79 Å². The molecule has 0 aromatic heterocycles. The molecule has 0 saturated heterocycles. The highest BCUT2D eigenvalue weighted by atomic mass is 16.5. The van der Waals surface area contributed by atoms with Gasteiger partial charge >= 0.3 is 0 Å². The largest absolute Gasteiger partial charge is 0.501 e. The van der Waals surface area contributed by atoms with Crippen molar-refractivity contribution in [1.82, 2.24) is 0 Å². The second-order valence-corrected chi connectivity index (χ2v) is 1.65. The fourth-order valence-corrected chi connectivity index (χ4v) is 0.354. The molecule has 0 amide bonds. The van der Waals surface area contributed by atoms with Crippen molar-refractivity contribution in [3.05, 3.63) is 24.0 Å². The summed E-state index contributed by atoms with van der Waals surface area (Å²) in [5.74, 6) is 0.687. The SMILES string of the molecule is C=C(C=O)/C=C(/C)OC. The highest BCUT2D eigenvalue weighted by Gasteiger charge is 1.86. The molecule has 0 aliphatic heterocycles. The summed E-state index contributed by atoms with van der Waals surface area (Å²) in [6, 6.07) is 0. The Balaban J connectivity index is 3.94. The van der Waals surface area contributed by atoms with Crippen molar-refractivity contribution in [2.75, 3.05) is 7.11 Å². The van der Waals surface area contributed by atoms with E-state index in [1.165, 1.54) is 0 Å². The van der Waals surface area contributed by atoms with Crippen molar-refractivity contribution < 1.29 is 9.53 Å². The van der Waals surface area contributed by atoms with E-state index in [0.717, 1.165) is 0 Å². The van der Waals surface area contributed by atoms with Crippen molar-refractivity contribution in [3.63, 3.8) is 0 Å². The maximum Gasteiger partial charge on any atom is 0.149 e. The molecule has 9 heavy (non-hydrogen) atoms. The van der Waals surface area contributed by atoms with Gasteiger partial charge < -0.3 is 4.74 Å². The summed E-state index contributed by atoms with van der Waals surface area (Å²) < 4.78 is 4.76. The highest BCUT2D eigenvalue weighted by Crippen LogP contribution is 1.96. The van der Waals surface area contributed by atoms with E-state index in [-0.39, 0.29) is 0 Å². The maximum absolute atomic E-state index is 9.96. The van der Waals surface area contributed by atoms with E-state index in [2.05, 4.69) is 6.58 Å². The molecule has 0 aliphatic rings. The van der Waals surface area contributed by atoms with E-state index in [4.69, 9.17) is 4.74 Å². The molecular weight excluding hydrogens is 116 g/mol. The Morgan fingerprint density at radius 3 is 2.56 bits per heavy atom. The third kappa shape index (κ3) is 3.53. The number of allylic oxidation sites excluding steroid dienone is 3. The second kappa shape index (κ2) is 3.89. The Kier molecular flexibility index (Phi) is 3.44.